The number of benzene rings is 1. The van der Waals surface area contributed by atoms with E-state index in [1.807, 2.05) is 24.3 Å². The molecule has 7 N–H and O–H groups in total. The lowest BCUT2D eigenvalue weighted by molar-refractivity contribution is 0.0536. The predicted molar refractivity (Wildman–Crippen MR) is 136 cm³/mol. The van der Waals surface area contributed by atoms with Crippen LogP contribution in [0.2, 0.25) is 5.15 Å². The number of aryl methyl sites for hydroxylation is 1. The van der Waals surface area contributed by atoms with Gasteiger partial charge in [0, 0.05) is 6.42 Å². The van der Waals surface area contributed by atoms with Gasteiger partial charge >= 0.3 is 0 Å². The number of hydrogen-bond acceptors (Lipinski definition) is 9. The van der Waals surface area contributed by atoms with Crippen LogP contribution < -0.4 is 21.5 Å². The van der Waals surface area contributed by atoms with Crippen LogP contribution in [0.25, 0.3) is 0 Å². The van der Waals surface area contributed by atoms with Gasteiger partial charge in [-0.3, -0.25) is 9.79 Å². The van der Waals surface area contributed by atoms with Crippen LogP contribution in [-0.2, 0) is 6.42 Å². The molecule has 0 fully saturated rings. The first-order valence-corrected chi connectivity index (χ1v) is 12.2. The minimum absolute atomic E-state index is 0.0235. The molecule has 1 aromatic carbocycles. The molecule has 0 bridgehead atoms. The second-order valence-electron chi connectivity index (χ2n) is 8.67. The quantitative estimate of drug-likeness (QED) is 0.310. The van der Waals surface area contributed by atoms with Crippen LogP contribution in [0.4, 0.5) is 11.6 Å². The van der Waals surface area contributed by atoms with Crippen molar-refractivity contribution in [3.63, 3.8) is 0 Å². The number of halogens is 1. The van der Waals surface area contributed by atoms with Crippen LogP contribution in [0.5, 0.6) is 5.75 Å². The highest BCUT2D eigenvalue weighted by Crippen LogP contribution is 2.29. The fourth-order valence-corrected chi connectivity index (χ4v) is 4.21. The highest BCUT2D eigenvalue weighted by Gasteiger charge is 2.30. The van der Waals surface area contributed by atoms with Gasteiger partial charge in [0.2, 0.25) is 0 Å². The third-order valence-electron chi connectivity index (χ3n) is 5.90. The molecule has 2 unspecified atom stereocenters. The Morgan fingerprint density at radius 2 is 1.97 bits per heavy atom. The van der Waals surface area contributed by atoms with Crippen LogP contribution >= 0.6 is 11.6 Å². The molecule has 1 aliphatic heterocycles. The molecule has 0 saturated heterocycles. The number of aliphatic hydroxyl groups excluding tert-OH is 2. The highest BCUT2D eigenvalue weighted by molar-refractivity contribution is 6.31. The number of carbonyl (C=O) groups excluding carboxylic acids is 1. The molecule has 0 aliphatic carbocycles. The molecule has 11 heteroatoms. The highest BCUT2D eigenvalue weighted by atomic mass is 35.5. The molecule has 1 aliphatic rings. The monoisotopic (exact) mass is 504 g/mol. The SMILES string of the molecule is CCCC1N=C(NC(=O)c2nc(Cl)c(N)nc2N)CC1CCCc1ccc(OC[C@@H](O)CO)cc1. The lowest BCUT2D eigenvalue weighted by atomic mass is 9.90. The van der Waals surface area contributed by atoms with Gasteiger partial charge < -0.3 is 31.7 Å². The summed E-state index contributed by atoms with van der Waals surface area (Å²) in [7, 11) is 0. The number of ether oxygens (including phenoxy) is 1. The van der Waals surface area contributed by atoms with Crippen molar-refractivity contribution >= 4 is 35.0 Å². The maximum absolute atomic E-state index is 12.7. The molecule has 190 valence electrons. The van der Waals surface area contributed by atoms with Gasteiger partial charge in [-0.1, -0.05) is 37.1 Å². The van der Waals surface area contributed by atoms with Crippen molar-refractivity contribution < 1.29 is 19.7 Å². The van der Waals surface area contributed by atoms with Gasteiger partial charge in [-0.15, -0.1) is 0 Å². The standard InChI is InChI=1S/C24H33ClN6O4/c1-2-4-18-15(6-3-5-14-7-9-17(10-8-14)35-13-16(33)12-32)11-19(28-18)29-24(34)20-22(26)31-23(27)21(25)30-20/h7-10,15-16,18,32-33H,2-6,11-13H2,1H3,(H4,26,27,31)(H,28,29,34)/t15?,16-,18?/m0/s1. The van der Waals surface area contributed by atoms with Crippen LogP contribution in [0.3, 0.4) is 0 Å². The van der Waals surface area contributed by atoms with E-state index in [9.17, 15) is 9.90 Å². The Morgan fingerprint density at radius 3 is 2.66 bits per heavy atom. The predicted octanol–water partition coefficient (Wildman–Crippen LogP) is 2.37. The maximum Gasteiger partial charge on any atom is 0.279 e. The van der Waals surface area contributed by atoms with Crippen LogP contribution in [0.1, 0.15) is 55.1 Å². The van der Waals surface area contributed by atoms with Gasteiger partial charge in [0.1, 0.15) is 24.3 Å². The molecule has 3 rings (SSSR count). The zero-order valence-corrected chi connectivity index (χ0v) is 20.5. The number of nitrogens with zero attached hydrogens (tertiary/aromatic N) is 3. The third-order valence-corrected chi connectivity index (χ3v) is 6.18. The van der Waals surface area contributed by atoms with E-state index in [0.29, 0.717) is 23.9 Å². The smallest absolute Gasteiger partial charge is 0.279 e. The largest absolute Gasteiger partial charge is 0.491 e. The van der Waals surface area contributed by atoms with Crippen LogP contribution in [0.15, 0.2) is 29.3 Å². The number of amides is 1. The van der Waals surface area contributed by atoms with E-state index in [2.05, 4.69) is 22.2 Å². The fourth-order valence-electron chi connectivity index (χ4n) is 4.08. The summed E-state index contributed by atoms with van der Waals surface area (Å²) in [6, 6.07) is 7.89. The molecule has 1 aromatic heterocycles. The number of nitrogens with one attached hydrogen (secondary N) is 1. The molecule has 35 heavy (non-hydrogen) atoms. The van der Waals surface area contributed by atoms with Gasteiger partial charge in [0.15, 0.2) is 22.5 Å². The van der Waals surface area contributed by atoms with Gasteiger partial charge in [0.05, 0.1) is 12.6 Å². The van der Waals surface area contributed by atoms with E-state index in [1.165, 1.54) is 5.56 Å². The first-order chi connectivity index (χ1) is 16.8. The van der Waals surface area contributed by atoms with Crippen molar-refractivity contribution in [3.05, 3.63) is 40.7 Å². The number of amidine groups is 1. The summed E-state index contributed by atoms with van der Waals surface area (Å²) in [6.45, 7) is 1.85. The summed E-state index contributed by atoms with van der Waals surface area (Å²) >= 11 is 5.89. The number of aliphatic imine (C=N–C) groups is 1. The second kappa shape index (κ2) is 12.7. The molecule has 2 aromatic rings. The average molecular weight is 505 g/mol. The molecule has 1 amide bonds. The van der Waals surface area contributed by atoms with E-state index in [0.717, 1.165) is 32.1 Å². The molecule has 0 radical (unpaired) electrons. The normalized spacial score (nSPS) is 18.2. The summed E-state index contributed by atoms with van der Waals surface area (Å²) in [5, 5.41) is 21.0. The first-order valence-electron chi connectivity index (χ1n) is 11.8. The van der Waals surface area contributed by atoms with E-state index in [1.54, 1.807) is 0 Å². The maximum atomic E-state index is 12.7. The summed E-state index contributed by atoms with van der Waals surface area (Å²) < 4.78 is 5.45. The Morgan fingerprint density at radius 1 is 1.23 bits per heavy atom. The minimum Gasteiger partial charge on any atom is -0.491 e. The van der Waals surface area contributed by atoms with Gasteiger partial charge in [-0.05, 0) is 49.3 Å². The Labute approximate surface area is 209 Å². The molecular formula is C24H33ClN6O4. The van der Waals surface area contributed by atoms with E-state index in [-0.39, 0.29) is 41.7 Å². The van der Waals surface area contributed by atoms with Crippen LogP contribution in [0, 0.1) is 5.92 Å². The number of aliphatic hydroxyl groups is 2. The summed E-state index contributed by atoms with van der Waals surface area (Å²) in [5.41, 5.74) is 12.5. The number of nitrogen functional groups attached to an aromatic ring is 2. The fraction of sp³-hybridized carbons (Fsp3) is 0.500. The van der Waals surface area contributed by atoms with Crippen molar-refractivity contribution in [1.82, 2.24) is 15.3 Å². The Balaban J connectivity index is 1.51. The Bertz CT molecular complexity index is 1030. The van der Waals surface area contributed by atoms with Crippen LogP contribution in [-0.4, -0.2) is 57.3 Å². The summed E-state index contributed by atoms with van der Waals surface area (Å²) in [4.78, 5) is 25.2. The average Bonchev–Trinajstić information content (AvgIpc) is 3.21. The van der Waals surface area contributed by atoms with Crippen molar-refractivity contribution in [2.45, 2.75) is 57.6 Å². The Hall–Kier alpha value is -2.95. The van der Waals surface area contributed by atoms with Crippen molar-refractivity contribution in [2.75, 3.05) is 24.7 Å². The topological polar surface area (TPSA) is 169 Å². The number of carbonyl (C=O) groups is 1. The minimum atomic E-state index is -0.886. The van der Waals surface area contributed by atoms with E-state index < -0.39 is 12.0 Å². The van der Waals surface area contributed by atoms with Crippen molar-refractivity contribution in [2.24, 2.45) is 10.9 Å². The first kappa shape index (κ1) is 26.7. The Kier molecular flexibility index (Phi) is 9.64. The van der Waals surface area contributed by atoms with Gasteiger partial charge in [0.25, 0.3) is 5.91 Å². The summed E-state index contributed by atoms with van der Waals surface area (Å²) in [5.74, 6) is 1.02. The van der Waals surface area contributed by atoms with Crippen molar-refractivity contribution in [3.8, 4) is 5.75 Å². The molecular weight excluding hydrogens is 472 g/mol. The molecule has 10 nitrogen and oxygen atoms in total. The number of hydrogen-bond donors (Lipinski definition) is 5. The lowest BCUT2D eigenvalue weighted by Crippen LogP contribution is -2.31. The third kappa shape index (κ3) is 7.51. The lowest BCUT2D eigenvalue weighted by Gasteiger charge is -2.17. The molecule has 0 spiro atoms. The zero-order valence-electron chi connectivity index (χ0n) is 19.8. The zero-order chi connectivity index (χ0) is 25.4. The second-order valence-corrected chi connectivity index (χ2v) is 9.03. The van der Waals surface area contributed by atoms with E-state index >= 15 is 0 Å². The number of nitrogens with two attached hydrogens (primary N) is 2. The molecule has 0 saturated carbocycles. The number of rotatable bonds is 11. The summed E-state index contributed by atoms with van der Waals surface area (Å²) in [6.07, 6.45) is 4.61. The van der Waals surface area contributed by atoms with Gasteiger partial charge in [-0.2, -0.15) is 0 Å². The van der Waals surface area contributed by atoms with E-state index in [4.69, 9.17) is 37.9 Å². The molecule has 3 atom stereocenters. The molecule has 2 heterocycles. The number of aromatic nitrogens is 2. The van der Waals surface area contributed by atoms with Gasteiger partial charge in [-0.25, -0.2) is 9.97 Å². The number of anilines is 2. The van der Waals surface area contributed by atoms with Crippen molar-refractivity contribution in [1.29, 1.82) is 0 Å².